The van der Waals surface area contributed by atoms with Gasteiger partial charge < -0.3 is 14.7 Å². The van der Waals surface area contributed by atoms with E-state index in [1.54, 1.807) is 7.11 Å². The van der Waals surface area contributed by atoms with Gasteiger partial charge >= 0.3 is 0 Å². The lowest BCUT2D eigenvalue weighted by atomic mass is 9.71. The molecule has 0 spiro atoms. The Balaban J connectivity index is 1.77. The molecule has 114 valence electrons. The van der Waals surface area contributed by atoms with Gasteiger partial charge in [0.05, 0.1) is 18.3 Å². The number of benzene rings is 1. The molecule has 0 bridgehead atoms. The first kappa shape index (κ1) is 14.4. The highest BCUT2D eigenvalue weighted by Crippen LogP contribution is 2.40. The molecule has 3 rings (SSSR count). The predicted octanol–water partition coefficient (Wildman–Crippen LogP) is 2.46. The maximum atomic E-state index is 12.7. The summed E-state index contributed by atoms with van der Waals surface area (Å²) in [6.07, 6.45) is 4.86. The molecule has 21 heavy (non-hydrogen) atoms. The standard InChI is InChI=1S/C17H23NO3/c1-21-15-8-3-2-7-14(15)16(19)18-11-10-17(20)9-5-4-6-13(17)12-18/h2-3,7-8,13,20H,4-6,9-12H2,1H3/t13-,17+/m0/s1. The molecule has 2 atom stereocenters. The van der Waals surface area contributed by atoms with Gasteiger partial charge in [-0.05, 0) is 31.4 Å². The summed E-state index contributed by atoms with van der Waals surface area (Å²) in [5.74, 6) is 0.853. The zero-order valence-corrected chi connectivity index (χ0v) is 12.5. The highest BCUT2D eigenvalue weighted by molar-refractivity contribution is 5.97. The second-order valence-corrected chi connectivity index (χ2v) is 6.25. The van der Waals surface area contributed by atoms with Crippen LogP contribution in [0.5, 0.6) is 5.75 Å². The van der Waals surface area contributed by atoms with E-state index in [1.807, 2.05) is 29.2 Å². The number of amides is 1. The summed E-state index contributed by atoms with van der Waals surface area (Å²) in [5, 5.41) is 10.7. The van der Waals surface area contributed by atoms with Gasteiger partial charge in [0.2, 0.25) is 0 Å². The number of likely N-dealkylation sites (tertiary alicyclic amines) is 1. The second kappa shape index (κ2) is 5.68. The van der Waals surface area contributed by atoms with Crippen LogP contribution in [0.25, 0.3) is 0 Å². The zero-order valence-electron chi connectivity index (χ0n) is 12.5. The molecule has 0 unspecified atom stereocenters. The average molecular weight is 289 g/mol. The van der Waals surface area contributed by atoms with Gasteiger partial charge in [-0.3, -0.25) is 4.79 Å². The Morgan fingerprint density at radius 3 is 2.95 bits per heavy atom. The highest BCUT2D eigenvalue weighted by Gasteiger charge is 2.43. The van der Waals surface area contributed by atoms with E-state index in [-0.39, 0.29) is 11.8 Å². The first-order chi connectivity index (χ1) is 10.1. The maximum absolute atomic E-state index is 12.7. The Morgan fingerprint density at radius 2 is 2.14 bits per heavy atom. The molecule has 1 amide bonds. The van der Waals surface area contributed by atoms with Crippen LogP contribution in [0.15, 0.2) is 24.3 Å². The number of para-hydroxylation sites is 1. The van der Waals surface area contributed by atoms with E-state index in [0.717, 1.165) is 25.7 Å². The van der Waals surface area contributed by atoms with Gasteiger partial charge in [0.15, 0.2) is 0 Å². The molecule has 2 fully saturated rings. The van der Waals surface area contributed by atoms with Crippen molar-refractivity contribution in [2.45, 2.75) is 37.7 Å². The van der Waals surface area contributed by atoms with Gasteiger partial charge in [-0.25, -0.2) is 0 Å². The van der Waals surface area contributed by atoms with Crippen molar-refractivity contribution in [3.8, 4) is 5.75 Å². The van der Waals surface area contributed by atoms with E-state index < -0.39 is 5.60 Å². The maximum Gasteiger partial charge on any atom is 0.257 e. The first-order valence-corrected chi connectivity index (χ1v) is 7.79. The third-order valence-electron chi connectivity index (χ3n) is 5.05. The zero-order chi connectivity index (χ0) is 14.9. The summed E-state index contributed by atoms with van der Waals surface area (Å²) in [6, 6.07) is 7.35. The van der Waals surface area contributed by atoms with Crippen molar-refractivity contribution in [3.05, 3.63) is 29.8 Å². The molecule has 1 N–H and O–H groups in total. The van der Waals surface area contributed by atoms with Crippen LogP contribution < -0.4 is 4.74 Å². The smallest absolute Gasteiger partial charge is 0.257 e. The Kier molecular flexibility index (Phi) is 3.89. The van der Waals surface area contributed by atoms with Crippen LogP contribution in [0.3, 0.4) is 0 Å². The summed E-state index contributed by atoms with van der Waals surface area (Å²) in [5.41, 5.74) is 0.0664. The molecule has 1 aromatic carbocycles. The molecule has 1 aliphatic carbocycles. The summed E-state index contributed by atoms with van der Waals surface area (Å²) >= 11 is 0. The largest absolute Gasteiger partial charge is 0.496 e. The number of ether oxygens (including phenoxy) is 1. The number of carbonyl (C=O) groups is 1. The minimum Gasteiger partial charge on any atom is -0.496 e. The van der Waals surface area contributed by atoms with E-state index in [2.05, 4.69) is 0 Å². The van der Waals surface area contributed by atoms with E-state index in [9.17, 15) is 9.90 Å². The lowest BCUT2D eigenvalue weighted by molar-refractivity contribution is -0.0886. The van der Waals surface area contributed by atoms with Gasteiger partial charge in [-0.15, -0.1) is 0 Å². The third kappa shape index (κ3) is 2.64. The van der Waals surface area contributed by atoms with E-state index in [0.29, 0.717) is 30.8 Å². The van der Waals surface area contributed by atoms with Crippen LogP contribution in [-0.2, 0) is 0 Å². The van der Waals surface area contributed by atoms with Gasteiger partial charge in [-0.2, -0.15) is 0 Å². The van der Waals surface area contributed by atoms with Gasteiger partial charge in [-0.1, -0.05) is 25.0 Å². The monoisotopic (exact) mass is 289 g/mol. The summed E-state index contributed by atoms with van der Waals surface area (Å²) in [4.78, 5) is 14.6. The summed E-state index contributed by atoms with van der Waals surface area (Å²) in [7, 11) is 1.59. The number of aliphatic hydroxyl groups is 1. The fourth-order valence-electron chi connectivity index (χ4n) is 3.75. The Bertz CT molecular complexity index is 531. The van der Waals surface area contributed by atoms with Crippen molar-refractivity contribution in [2.75, 3.05) is 20.2 Å². The molecule has 2 aliphatic rings. The number of fused-ring (bicyclic) bond motifs is 1. The van der Waals surface area contributed by atoms with E-state index in [1.165, 1.54) is 0 Å². The van der Waals surface area contributed by atoms with Crippen molar-refractivity contribution < 1.29 is 14.6 Å². The van der Waals surface area contributed by atoms with Crippen LogP contribution in [0.2, 0.25) is 0 Å². The fraction of sp³-hybridized carbons (Fsp3) is 0.588. The number of nitrogens with zero attached hydrogens (tertiary/aromatic N) is 1. The quantitative estimate of drug-likeness (QED) is 0.910. The predicted molar refractivity (Wildman–Crippen MR) is 80.4 cm³/mol. The van der Waals surface area contributed by atoms with Crippen LogP contribution >= 0.6 is 0 Å². The highest BCUT2D eigenvalue weighted by atomic mass is 16.5. The lowest BCUT2D eigenvalue weighted by Crippen LogP contribution is -2.54. The molecule has 1 heterocycles. The second-order valence-electron chi connectivity index (χ2n) is 6.25. The SMILES string of the molecule is COc1ccccc1C(=O)N1CC[C@]2(O)CCCC[C@H]2C1. The minimum atomic E-state index is -0.546. The average Bonchev–Trinajstić information content (AvgIpc) is 2.53. The van der Waals surface area contributed by atoms with Crippen molar-refractivity contribution in [2.24, 2.45) is 5.92 Å². The third-order valence-corrected chi connectivity index (χ3v) is 5.05. The van der Waals surface area contributed by atoms with Crippen molar-refractivity contribution in [1.29, 1.82) is 0 Å². The Morgan fingerprint density at radius 1 is 1.33 bits per heavy atom. The number of hydrogen-bond donors (Lipinski definition) is 1. The minimum absolute atomic E-state index is 0.0140. The lowest BCUT2D eigenvalue weighted by Gasteiger charge is -2.47. The Labute approximate surface area is 125 Å². The van der Waals surface area contributed by atoms with Crippen molar-refractivity contribution in [1.82, 2.24) is 4.90 Å². The summed E-state index contributed by atoms with van der Waals surface area (Å²) < 4.78 is 5.29. The number of piperidine rings is 1. The molecule has 1 saturated carbocycles. The molecular weight excluding hydrogens is 266 g/mol. The molecule has 4 nitrogen and oxygen atoms in total. The summed E-state index contributed by atoms with van der Waals surface area (Å²) in [6.45, 7) is 1.29. The number of rotatable bonds is 2. The molecular formula is C17H23NO3. The Hall–Kier alpha value is -1.55. The molecule has 4 heteroatoms. The van der Waals surface area contributed by atoms with Gasteiger partial charge in [0.25, 0.3) is 5.91 Å². The number of carbonyl (C=O) groups excluding carboxylic acids is 1. The molecule has 1 aromatic rings. The van der Waals surface area contributed by atoms with Gasteiger partial charge in [0, 0.05) is 19.0 Å². The van der Waals surface area contributed by atoms with E-state index in [4.69, 9.17) is 4.74 Å². The number of methoxy groups -OCH3 is 1. The molecule has 0 aromatic heterocycles. The van der Waals surface area contributed by atoms with Crippen LogP contribution in [0, 0.1) is 5.92 Å². The fourth-order valence-corrected chi connectivity index (χ4v) is 3.75. The van der Waals surface area contributed by atoms with Crippen LogP contribution in [-0.4, -0.2) is 41.7 Å². The van der Waals surface area contributed by atoms with E-state index >= 15 is 0 Å². The van der Waals surface area contributed by atoms with Gasteiger partial charge in [0.1, 0.15) is 5.75 Å². The normalized spacial score (nSPS) is 28.9. The van der Waals surface area contributed by atoms with Crippen LogP contribution in [0.4, 0.5) is 0 Å². The van der Waals surface area contributed by atoms with Crippen molar-refractivity contribution in [3.63, 3.8) is 0 Å². The van der Waals surface area contributed by atoms with Crippen molar-refractivity contribution >= 4 is 5.91 Å². The topological polar surface area (TPSA) is 49.8 Å². The molecule has 0 radical (unpaired) electrons. The molecule has 1 saturated heterocycles. The van der Waals surface area contributed by atoms with Crippen LogP contribution in [0.1, 0.15) is 42.5 Å². The number of hydrogen-bond acceptors (Lipinski definition) is 3. The molecule has 1 aliphatic heterocycles. The first-order valence-electron chi connectivity index (χ1n) is 7.79.